The third-order valence-electron chi connectivity index (χ3n) is 3.06. The molecule has 0 aromatic carbocycles. The van der Waals surface area contributed by atoms with E-state index in [-0.39, 0.29) is 11.3 Å². The van der Waals surface area contributed by atoms with Gasteiger partial charge in [0.15, 0.2) is 0 Å². The molecule has 0 bridgehead atoms. The van der Waals surface area contributed by atoms with Crippen molar-refractivity contribution >= 4 is 5.91 Å². The van der Waals surface area contributed by atoms with Crippen molar-refractivity contribution in [1.29, 1.82) is 5.26 Å². The van der Waals surface area contributed by atoms with Gasteiger partial charge in [-0.05, 0) is 30.5 Å². The fourth-order valence-electron chi connectivity index (χ4n) is 1.85. The molecule has 5 nitrogen and oxygen atoms in total. The molecular weight excluding hydrogens is 252 g/mol. The lowest BCUT2D eigenvalue weighted by Crippen LogP contribution is -2.42. The van der Waals surface area contributed by atoms with Gasteiger partial charge in [-0.25, -0.2) is 4.98 Å². The first-order chi connectivity index (χ1) is 9.43. The fraction of sp³-hybridized carbons (Fsp3) is 0.533. The van der Waals surface area contributed by atoms with Crippen LogP contribution in [0.1, 0.15) is 43.2 Å². The van der Waals surface area contributed by atoms with Crippen LogP contribution in [0.4, 0.5) is 0 Å². The number of hydrogen-bond donors (Lipinski definition) is 1. The quantitative estimate of drug-likeness (QED) is 0.857. The van der Waals surface area contributed by atoms with Gasteiger partial charge in [0.25, 0.3) is 5.91 Å². The summed E-state index contributed by atoms with van der Waals surface area (Å²) < 4.78 is 0. The Labute approximate surface area is 120 Å². The average Bonchev–Trinajstić information content (AvgIpc) is 2.46. The molecule has 0 aliphatic rings. The summed E-state index contributed by atoms with van der Waals surface area (Å²) in [4.78, 5) is 18.3. The number of nitrogens with two attached hydrogens (primary N) is 1. The highest BCUT2D eigenvalue weighted by Crippen LogP contribution is 2.17. The van der Waals surface area contributed by atoms with Gasteiger partial charge in [-0.1, -0.05) is 20.8 Å². The minimum Gasteiger partial charge on any atom is -0.337 e. The molecule has 0 radical (unpaired) electrons. The van der Waals surface area contributed by atoms with Gasteiger partial charge in [0, 0.05) is 19.3 Å². The number of nitrogens with zero attached hydrogens (tertiary/aromatic N) is 3. The van der Waals surface area contributed by atoms with E-state index in [1.807, 2.05) is 26.8 Å². The van der Waals surface area contributed by atoms with Gasteiger partial charge < -0.3 is 10.6 Å². The zero-order chi connectivity index (χ0) is 15.2. The Hall–Kier alpha value is -1.93. The van der Waals surface area contributed by atoms with Crippen molar-refractivity contribution in [3.63, 3.8) is 0 Å². The number of hydrogen-bond acceptors (Lipinski definition) is 4. The van der Waals surface area contributed by atoms with Crippen LogP contribution in [0.15, 0.2) is 18.3 Å². The van der Waals surface area contributed by atoms with Crippen LogP contribution in [0, 0.1) is 16.7 Å². The van der Waals surface area contributed by atoms with E-state index in [9.17, 15) is 4.79 Å². The molecule has 0 saturated carbocycles. The van der Waals surface area contributed by atoms with Crippen LogP contribution >= 0.6 is 0 Å². The molecule has 108 valence electrons. The second-order valence-corrected chi connectivity index (χ2v) is 5.64. The molecule has 1 aromatic heterocycles. The topological polar surface area (TPSA) is 83.0 Å². The van der Waals surface area contributed by atoms with E-state index in [0.29, 0.717) is 30.9 Å². The molecule has 1 amide bonds. The lowest BCUT2D eigenvalue weighted by Gasteiger charge is -2.31. The maximum absolute atomic E-state index is 12.5. The number of amides is 1. The molecule has 0 aliphatic heterocycles. The summed E-state index contributed by atoms with van der Waals surface area (Å²) in [6, 6.07) is 5.20. The SMILES string of the molecule is CCCN(CC(C)(C)CN)C(=O)c1ccc(C#N)cn1. The monoisotopic (exact) mass is 274 g/mol. The molecule has 5 heteroatoms. The highest BCUT2D eigenvalue weighted by Gasteiger charge is 2.24. The zero-order valence-electron chi connectivity index (χ0n) is 12.4. The first-order valence-electron chi connectivity index (χ1n) is 6.79. The normalized spacial score (nSPS) is 10.9. The van der Waals surface area contributed by atoms with Crippen molar-refractivity contribution < 1.29 is 4.79 Å². The van der Waals surface area contributed by atoms with Crippen molar-refractivity contribution in [2.75, 3.05) is 19.6 Å². The molecule has 0 fully saturated rings. The van der Waals surface area contributed by atoms with E-state index in [2.05, 4.69) is 4.98 Å². The van der Waals surface area contributed by atoms with Gasteiger partial charge >= 0.3 is 0 Å². The van der Waals surface area contributed by atoms with Gasteiger partial charge in [-0.2, -0.15) is 5.26 Å². The van der Waals surface area contributed by atoms with Gasteiger partial charge in [-0.3, -0.25) is 4.79 Å². The number of nitriles is 1. The third kappa shape index (κ3) is 4.32. The first-order valence-corrected chi connectivity index (χ1v) is 6.79. The molecule has 1 rings (SSSR count). The number of aromatic nitrogens is 1. The predicted octanol–water partition coefficient (Wildman–Crippen LogP) is 1.79. The maximum atomic E-state index is 12.5. The first kappa shape index (κ1) is 16.1. The standard InChI is InChI=1S/C15H22N4O/c1-4-7-19(11-15(2,3)10-17)14(20)13-6-5-12(8-16)9-18-13/h5-6,9H,4,7,10-11,17H2,1-3H3. The number of carbonyl (C=O) groups excluding carboxylic acids is 1. The fourth-order valence-corrected chi connectivity index (χ4v) is 1.85. The van der Waals surface area contributed by atoms with Gasteiger partial charge in [0.05, 0.1) is 5.56 Å². The molecule has 20 heavy (non-hydrogen) atoms. The van der Waals surface area contributed by atoms with Crippen LogP contribution in [0.3, 0.4) is 0 Å². The molecule has 1 aromatic rings. The van der Waals surface area contributed by atoms with Crippen molar-refractivity contribution in [2.24, 2.45) is 11.1 Å². The Bertz CT molecular complexity index is 488. The number of rotatable bonds is 6. The largest absolute Gasteiger partial charge is 0.337 e. The summed E-state index contributed by atoms with van der Waals surface area (Å²) in [5.74, 6) is -0.113. The van der Waals surface area contributed by atoms with Gasteiger partial charge in [-0.15, -0.1) is 0 Å². The zero-order valence-corrected chi connectivity index (χ0v) is 12.4. The summed E-state index contributed by atoms with van der Waals surface area (Å²) in [5, 5.41) is 8.75. The van der Waals surface area contributed by atoms with Crippen molar-refractivity contribution in [2.45, 2.75) is 27.2 Å². The van der Waals surface area contributed by atoms with Gasteiger partial charge in [0.2, 0.25) is 0 Å². The van der Waals surface area contributed by atoms with Gasteiger partial charge in [0.1, 0.15) is 11.8 Å². The second-order valence-electron chi connectivity index (χ2n) is 5.64. The van der Waals surface area contributed by atoms with Crippen molar-refractivity contribution in [1.82, 2.24) is 9.88 Å². The summed E-state index contributed by atoms with van der Waals surface area (Å²) in [5.41, 5.74) is 6.43. The molecule has 0 unspecified atom stereocenters. The average molecular weight is 274 g/mol. The molecule has 0 saturated heterocycles. The van der Waals surface area contributed by atoms with Crippen molar-refractivity contribution in [3.05, 3.63) is 29.6 Å². The summed E-state index contributed by atoms with van der Waals surface area (Å²) in [7, 11) is 0. The van der Waals surface area contributed by atoms with Crippen molar-refractivity contribution in [3.8, 4) is 6.07 Å². The van der Waals surface area contributed by atoms with Crippen LogP contribution in [0.2, 0.25) is 0 Å². The van der Waals surface area contributed by atoms with E-state index in [1.54, 1.807) is 17.0 Å². The molecule has 0 atom stereocenters. The smallest absolute Gasteiger partial charge is 0.272 e. The predicted molar refractivity (Wildman–Crippen MR) is 78.0 cm³/mol. The minimum absolute atomic E-state index is 0.113. The van der Waals surface area contributed by atoms with E-state index in [1.165, 1.54) is 6.20 Å². The van der Waals surface area contributed by atoms with Crippen LogP contribution in [-0.2, 0) is 0 Å². The molecule has 2 N–H and O–H groups in total. The molecular formula is C15H22N4O. The Morgan fingerprint density at radius 2 is 2.20 bits per heavy atom. The van der Waals surface area contributed by atoms with E-state index in [4.69, 9.17) is 11.0 Å². The minimum atomic E-state index is -0.128. The Kier molecular flexibility index (Phi) is 5.66. The van der Waals surface area contributed by atoms with Crippen LogP contribution in [0.25, 0.3) is 0 Å². The number of carbonyl (C=O) groups is 1. The lowest BCUT2D eigenvalue weighted by atomic mass is 9.93. The highest BCUT2D eigenvalue weighted by molar-refractivity contribution is 5.92. The summed E-state index contributed by atoms with van der Waals surface area (Å²) in [6.07, 6.45) is 2.30. The second kappa shape index (κ2) is 7.01. The molecule has 0 spiro atoms. The highest BCUT2D eigenvalue weighted by atomic mass is 16.2. The molecule has 0 aliphatic carbocycles. The Balaban J connectivity index is 2.90. The van der Waals surface area contributed by atoms with E-state index >= 15 is 0 Å². The third-order valence-corrected chi connectivity index (χ3v) is 3.06. The lowest BCUT2D eigenvalue weighted by molar-refractivity contribution is 0.0683. The maximum Gasteiger partial charge on any atom is 0.272 e. The Morgan fingerprint density at radius 1 is 1.50 bits per heavy atom. The van der Waals surface area contributed by atoms with Crippen LogP contribution < -0.4 is 5.73 Å². The van der Waals surface area contributed by atoms with E-state index < -0.39 is 0 Å². The van der Waals surface area contributed by atoms with E-state index in [0.717, 1.165) is 6.42 Å². The van der Waals surface area contributed by atoms with Crippen LogP contribution in [-0.4, -0.2) is 35.4 Å². The summed E-state index contributed by atoms with van der Waals surface area (Å²) in [6.45, 7) is 7.88. The number of pyridine rings is 1. The molecule has 1 heterocycles. The Morgan fingerprint density at radius 3 is 2.65 bits per heavy atom. The van der Waals surface area contributed by atoms with Crippen LogP contribution in [0.5, 0.6) is 0 Å². The summed E-state index contributed by atoms with van der Waals surface area (Å²) >= 11 is 0.